The molecule has 0 aliphatic rings. The standard InChI is InChI=1S/C11H14O3/c1-7-3-4-9(6-10(7)12)8(2)5-11(13)14/h3-4,6,8,12H,5H2,1-2H3,(H,13,14). The second kappa shape index (κ2) is 4.13. The average Bonchev–Trinajstić information content (AvgIpc) is 2.08. The molecule has 1 aromatic carbocycles. The Morgan fingerprint density at radius 1 is 1.50 bits per heavy atom. The molecule has 0 saturated heterocycles. The maximum absolute atomic E-state index is 10.5. The fourth-order valence-electron chi connectivity index (χ4n) is 1.31. The third kappa shape index (κ3) is 2.49. The van der Waals surface area contributed by atoms with Gasteiger partial charge in [-0.15, -0.1) is 0 Å². The molecular weight excluding hydrogens is 180 g/mol. The second-order valence-corrected chi connectivity index (χ2v) is 3.54. The van der Waals surface area contributed by atoms with Crippen molar-refractivity contribution >= 4 is 5.97 Å². The molecule has 0 radical (unpaired) electrons. The van der Waals surface area contributed by atoms with Gasteiger partial charge in [0, 0.05) is 0 Å². The number of carbonyl (C=O) groups is 1. The fourth-order valence-corrected chi connectivity index (χ4v) is 1.31. The minimum atomic E-state index is -0.822. The molecule has 0 spiro atoms. The molecule has 0 aromatic heterocycles. The van der Waals surface area contributed by atoms with Gasteiger partial charge >= 0.3 is 5.97 Å². The number of carboxylic acid groups (broad SMARTS) is 1. The number of benzene rings is 1. The summed E-state index contributed by atoms with van der Waals surface area (Å²) in [6.07, 6.45) is 0.0858. The zero-order valence-corrected chi connectivity index (χ0v) is 8.32. The minimum Gasteiger partial charge on any atom is -0.508 e. The molecule has 0 bridgehead atoms. The molecule has 3 heteroatoms. The first-order valence-corrected chi connectivity index (χ1v) is 4.52. The summed E-state index contributed by atoms with van der Waals surface area (Å²) >= 11 is 0. The second-order valence-electron chi connectivity index (χ2n) is 3.54. The number of aryl methyl sites for hydroxylation is 1. The number of phenols is 1. The van der Waals surface area contributed by atoms with Gasteiger partial charge in [-0.2, -0.15) is 0 Å². The van der Waals surface area contributed by atoms with Gasteiger partial charge in [0.05, 0.1) is 6.42 Å². The predicted octanol–water partition coefficient (Wildman–Crippen LogP) is 2.28. The number of hydrogen-bond donors (Lipinski definition) is 2. The highest BCUT2D eigenvalue weighted by Crippen LogP contribution is 2.25. The van der Waals surface area contributed by atoms with Crippen molar-refractivity contribution in [2.75, 3.05) is 0 Å². The molecule has 0 fully saturated rings. The zero-order chi connectivity index (χ0) is 10.7. The molecule has 2 N–H and O–H groups in total. The van der Waals surface area contributed by atoms with Crippen LogP contribution in [0.3, 0.4) is 0 Å². The van der Waals surface area contributed by atoms with Gasteiger partial charge in [-0.25, -0.2) is 0 Å². The van der Waals surface area contributed by atoms with Crippen molar-refractivity contribution in [3.63, 3.8) is 0 Å². The number of aromatic hydroxyl groups is 1. The molecule has 14 heavy (non-hydrogen) atoms. The van der Waals surface area contributed by atoms with Crippen LogP contribution in [0.4, 0.5) is 0 Å². The molecular formula is C11H14O3. The van der Waals surface area contributed by atoms with E-state index in [-0.39, 0.29) is 18.1 Å². The lowest BCUT2D eigenvalue weighted by molar-refractivity contribution is -0.137. The Labute approximate surface area is 83.0 Å². The van der Waals surface area contributed by atoms with Gasteiger partial charge in [0.2, 0.25) is 0 Å². The summed E-state index contributed by atoms with van der Waals surface area (Å²) in [4.78, 5) is 10.5. The third-order valence-corrected chi connectivity index (χ3v) is 2.28. The largest absolute Gasteiger partial charge is 0.508 e. The highest BCUT2D eigenvalue weighted by Gasteiger charge is 2.10. The lowest BCUT2D eigenvalue weighted by atomic mass is 9.96. The van der Waals surface area contributed by atoms with E-state index in [2.05, 4.69) is 0 Å². The Morgan fingerprint density at radius 2 is 2.14 bits per heavy atom. The van der Waals surface area contributed by atoms with Crippen molar-refractivity contribution in [2.24, 2.45) is 0 Å². The van der Waals surface area contributed by atoms with Crippen LogP contribution in [0.25, 0.3) is 0 Å². The van der Waals surface area contributed by atoms with Gasteiger partial charge in [0.25, 0.3) is 0 Å². The van der Waals surface area contributed by atoms with E-state index in [9.17, 15) is 9.90 Å². The van der Waals surface area contributed by atoms with E-state index >= 15 is 0 Å². The van der Waals surface area contributed by atoms with E-state index in [1.165, 1.54) is 0 Å². The van der Waals surface area contributed by atoms with E-state index in [4.69, 9.17) is 5.11 Å². The third-order valence-electron chi connectivity index (χ3n) is 2.28. The molecule has 0 aliphatic carbocycles. The highest BCUT2D eigenvalue weighted by atomic mass is 16.4. The number of hydrogen-bond acceptors (Lipinski definition) is 2. The summed E-state index contributed by atoms with van der Waals surface area (Å²) in [5, 5.41) is 18.0. The SMILES string of the molecule is Cc1ccc(C(C)CC(=O)O)cc1O. The molecule has 0 saturated carbocycles. The first-order valence-electron chi connectivity index (χ1n) is 4.52. The summed E-state index contributed by atoms with van der Waals surface area (Å²) in [5.74, 6) is -0.670. The predicted molar refractivity (Wildman–Crippen MR) is 53.5 cm³/mol. The molecule has 76 valence electrons. The van der Waals surface area contributed by atoms with Crippen LogP contribution in [0.5, 0.6) is 5.75 Å². The van der Waals surface area contributed by atoms with E-state index < -0.39 is 5.97 Å². The molecule has 1 rings (SSSR count). The maximum Gasteiger partial charge on any atom is 0.303 e. The molecule has 1 atom stereocenters. The lowest BCUT2D eigenvalue weighted by Crippen LogP contribution is -2.02. The van der Waals surface area contributed by atoms with Crippen LogP contribution in [0.1, 0.15) is 30.4 Å². The first-order chi connectivity index (χ1) is 6.50. The first kappa shape index (κ1) is 10.6. The van der Waals surface area contributed by atoms with E-state index in [0.29, 0.717) is 0 Å². The van der Waals surface area contributed by atoms with Gasteiger partial charge in [0.1, 0.15) is 5.75 Å². The van der Waals surface area contributed by atoms with E-state index in [1.807, 2.05) is 13.0 Å². The summed E-state index contributed by atoms with van der Waals surface area (Å²) in [6, 6.07) is 5.27. The zero-order valence-electron chi connectivity index (χ0n) is 8.32. The van der Waals surface area contributed by atoms with Crippen LogP contribution in [0.15, 0.2) is 18.2 Å². The van der Waals surface area contributed by atoms with Gasteiger partial charge < -0.3 is 10.2 Å². The molecule has 0 aliphatic heterocycles. The maximum atomic E-state index is 10.5. The van der Waals surface area contributed by atoms with Crippen LogP contribution >= 0.6 is 0 Å². The van der Waals surface area contributed by atoms with Crippen LogP contribution in [0, 0.1) is 6.92 Å². The Hall–Kier alpha value is -1.51. The smallest absolute Gasteiger partial charge is 0.303 e. The monoisotopic (exact) mass is 194 g/mol. The van der Waals surface area contributed by atoms with Crippen molar-refractivity contribution in [3.05, 3.63) is 29.3 Å². The topological polar surface area (TPSA) is 57.5 Å². The van der Waals surface area contributed by atoms with Crippen LogP contribution in [-0.4, -0.2) is 16.2 Å². The Bertz CT molecular complexity index is 344. The quantitative estimate of drug-likeness (QED) is 0.776. The molecule has 3 nitrogen and oxygen atoms in total. The fraction of sp³-hybridized carbons (Fsp3) is 0.364. The summed E-state index contributed by atoms with van der Waals surface area (Å²) in [5.41, 5.74) is 1.66. The number of carboxylic acids is 1. The molecule has 1 aromatic rings. The van der Waals surface area contributed by atoms with Crippen molar-refractivity contribution in [3.8, 4) is 5.75 Å². The van der Waals surface area contributed by atoms with Crippen molar-refractivity contribution in [1.29, 1.82) is 0 Å². The van der Waals surface area contributed by atoms with Gasteiger partial charge in [-0.05, 0) is 30.0 Å². The minimum absolute atomic E-state index is 0.0704. The summed E-state index contributed by atoms with van der Waals surface area (Å²) < 4.78 is 0. The molecule has 0 heterocycles. The van der Waals surface area contributed by atoms with Crippen molar-refractivity contribution in [1.82, 2.24) is 0 Å². The summed E-state index contributed by atoms with van der Waals surface area (Å²) in [7, 11) is 0. The van der Waals surface area contributed by atoms with Crippen LogP contribution < -0.4 is 0 Å². The molecule has 1 unspecified atom stereocenters. The normalized spacial score (nSPS) is 12.4. The number of phenolic OH excluding ortho intramolecular Hbond substituents is 1. The molecule has 0 amide bonds. The Kier molecular flexibility index (Phi) is 3.12. The summed E-state index contributed by atoms with van der Waals surface area (Å²) in [6.45, 7) is 3.64. The van der Waals surface area contributed by atoms with Crippen molar-refractivity contribution in [2.45, 2.75) is 26.2 Å². The number of aliphatic carboxylic acids is 1. The highest BCUT2D eigenvalue weighted by molar-refractivity contribution is 5.68. The van der Waals surface area contributed by atoms with Gasteiger partial charge in [0.15, 0.2) is 0 Å². The average molecular weight is 194 g/mol. The van der Waals surface area contributed by atoms with E-state index in [0.717, 1.165) is 11.1 Å². The van der Waals surface area contributed by atoms with Gasteiger partial charge in [-0.1, -0.05) is 19.1 Å². The van der Waals surface area contributed by atoms with Crippen molar-refractivity contribution < 1.29 is 15.0 Å². The van der Waals surface area contributed by atoms with Crippen LogP contribution in [0.2, 0.25) is 0 Å². The van der Waals surface area contributed by atoms with Crippen LogP contribution in [-0.2, 0) is 4.79 Å². The number of rotatable bonds is 3. The Morgan fingerprint density at radius 3 is 2.64 bits per heavy atom. The Balaban J connectivity index is 2.85. The lowest BCUT2D eigenvalue weighted by Gasteiger charge is -2.10. The van der Waals surface area contributed by atoms with Gasteiger partial charge in [-0.3, -0.25) is 4.79 Å². The van der Waals surface area contributed by atoms with E-state index in [1.54, 1.807) is 19.1 Å².